The predicted octanol–water partition coefficient (Wildman–Crippen LogP) is -20.5. The van der Waals surface area contributed by atoms with Gasteiger partial charge in [-0.3, -0.25) is 9.59 Å². The van der Waals surface area contributed by atoms with E-state index < -0.39 is 385 Å². The van der Waals surface area contributed by atoms with Crippen molar-refractivity contribution in [2.45, 2.75) is 321 Å². The van der Waals surface area contributed by atoms with Crippen molar-refractivity contribution in [1.29, 1.82) is 0 Å². The minimum Gasteiger partial charge on any atom is -0.463 e. The van der Waals surface area contributed by atoms with Gasteiger partial charge in [-0.25, -0.2) is 0 Å². The van der Waals surface area contributed by atoms with Crippen LogP contribution in [-0.4, -0.2) is 506 Å². The standard InChI is InChI=1S/C65H112N4O48/c1-14-31(79)48(20(7-73)101-56(14)96)111-58-28(67)39(87)50(22(9-75)105-58)113-62-47(95)52(115-65-55(43(91)34(82)19(6-72)104-65)117-60-29(68)40(88)49(21(8-74)106-60)112-61-46(94)42(90)33(81)18(5-71)103-61)37(85)26(108-62)13-99-63-53(44(92)36(84)25(109-63)12-98-57-27(66)38(86)32(80)17(4-70)102-57)116-59-30(69)41(89)51(23(10-76)107-59)114-64-54(100-16(3)78)45(93)35(83)24(110-64)11-97-15(2)77/h14,17-65,70-76,79-96H,4-13,66-69H2,1-3H3/t14-,17?,18?,19?,20?,21?,22?,23?,24?,25?,26?,27-,28-,29-,30-,31?,32+,33-,34-,35-,36+,37+,38?,39?,40?,41?,42?,43?,44?,45?,46-,47?,48+,49+,50+,51+,52?,53+,54-,55-,56?,57+,58-,59-,60-,61-,62-,63-,64-,65-/m0/s1. The van der Waals surface area contributed by atoms with Gasteiger partial charge in [0.2, 0.25) is 0 Å². The number of hydrogen-bond acceptors (Lipinski definition) is 52. The molecule has 0 aliphatic carbocycles. The fourth-order valence-electron chi connectivity index (χ4n) is 15.0. The molecule has 10 saturated heterocycles. The maximum atomic E-state index is 12.7. The van der Waals surface area contributed by atoms with Crippen LogP contribution in [0.1, 0.15) is 20.8 Å². The van der Waals surface area contributed by atoms with Crippen molar-refractivity contribution in [2.24, 2.45) is 28.9 Å². The third kappa shape index (κ3) is 20.9. The number of ether oxygens (including phenoxy) is 21. The number of carbonyl (C=O) groups is 2. The van der Waals surface area contributed by atoms with Crippen LogP contribution in [0.15, 0.2) is 0 Å². The zero-order valence-corrected chi connectivity index (χ0v) is 62.8. The summed E-state index contributed by atoms with van der Waals surface area (Å²) in [5, 5.41) is 278. The lowest BCUT2D eigenvalue weighted by molar-refractivity contribution is -0.398. The molecule has 117 heavy (non-hydrogen) atoms. The van der Waals surface area contributed by atoms with E-state index in [1.165, 1.54) is 6.92 Å². The topological polar surface area (TPSA) is 838 Å². The van der Waals surface area contributed by atoms with Gasteiger partial charge < -0.3 is 250 Å². The molecule has 33 N–H and O–H groups in total. The van der Waals surface area contributed by atoms with E-state index in [4.69, 9.17) is 122 Å². The van der Waals surface area contributed by atoms with E-state index in [0.29, 0.717) is 0 Å². The van der Waals surface area contributed by atoms with E-state index in [1.54, 1.807) is 0 Å². The lowest BCUT2D eigenvalue weighted by atomic mass is 9.91. The largest absolute Gasteiger partial charge is 0.463 e. The SMILES string of the molecule is CC(=O)OCC1O[C@@H](O[C@@H]2C(CO)O[C@@H](O[C@@H]3C(O)[C@H](O)C(CO[C@@H]4OC(CO)[C@@H](O)C(O)[C@@H]4N)O[C@@H]3OCC3O[C@@H](O[C@@H]4C(CO)O[C@@H](O[C@@H]5C(CO)OC(O)[C@@H](C)C5O)[C@@H](N)C4O)C(O)C(O[C@@H]4OC(CO)[C@H](O)C(O)[C@@H]4O[C@@H]4OC(CO)[C@@H](O[C@@H]5OC(CO)[C@H](O)C(O)[C@@H]5O)C(O)[C@@H]4N)[C@@H]3O)[C@@H](N)C2O)[C@@H](OC(C)=O)C(O)[C@H]1O. The first-order chi connectivity index (χ1) is 55.4. The molecule has 10 aliphatic rings. The maximum Gasteiger partial charge on any atom is 0.303 e. The number of rotatable bonds is 30. The Morgan fingerprint density at radius 2 is 0.556 bits per heavy atom. The average molecular weight is 1720 g/mol. The van der Waals surface area contributed by atoms with Crippen LogP contribution in [0.4, 0.5) is 0 Å². The molecule has 52 nitrogen and oxygen atoms in total. The first kappa shape index (κ1) is 96.2. The van der Waals surface area contributed by atoms with Crippen LogP contribution in [0, 0.1) is 5.92 Å². The van der Waals surface area contributed by atoms with Crippen LogP contribution >= 0.6 is 0 Å². The molecule has 0 aromatic carbocycles. The molecule has 0 aromatic heterocycles. The summed E-state index contributed by atoms with van der Waals surface area (Å²) in [5.41, 5.74) is 25.7. The number of esters is 2. The summed E-state index contributed by atoms with van der Waals surface area (Å²) in [5.74, 6) is -2.96. The quantitative estimate of drug-likeness (QED) is 0.0297. The summed E-state index contributed by atoms with van der Waals surface area (Å²) in [4.78, 5) is 24.1. The fraction of sp³-hybridized carbons (Fsp3) is 0.969. The van der Waals surface area contributed by atoms with Crippen LogP contribution in [0.2, 0.25) is 0 Å². The van der Waals surface area contributed by atoms with E-state index in [0.717, 1.165) is 13.8 Å². The zero-order valence-electron chi connectivity index (χ0n) is 62.8. The summed E-state index contributed by atoms with van der Waals surface area (Å²) < 4.78 is 123. The minimum absolute atomic E-state index is 0.707. The predicted molar refractivity (Wildman–Crippen MR) is 360 cm³/mol. The lowest BCUT2D eigenvalue weighted by Gasteiger charge is -2.51. The van der Waals surface area contributed by atoms with Gasteiger partial charge >= 0.3 is 11.9 Å². The molecule has 52 heteroatoms. The van der Waals surface area contributed by atoms with Gasteiger partial charge in [-0.2, -0.15) is 0 Å². The van der Waals surface area contributed by atoms with Crippen LogP contribution in [-0.2, 0) is 109 Å². The monoisotopic (exact) mass is 1720 g/mol. The smallest absolute Gasteiger partial charge is 0.303 e. The first-order valence-corrected chi connectivity index (χ1v) is 37.6. The van der Waals surface area contributed by atoms with Crippen LogP contribution in [0.3, 0.4) is 0 Å². The second-order valence-corrected chi connectivity index (χ2v) is 30.0. The fourth-order valence-corrected chi connectivity index (χ4v) is 15.0. The van der Waals surface area contributed by atoms with Crippen molar-refractivity contribution in [2.75, 3.05) is 66.1 Å². The Kier molecular flexibility index (Phi) is 34.4. The molecule has 0 amide bonds. The Morgan fingerprint density at radius 3 is 1.03 bits per heavy atom. The lowest BCUT2D eigenvalue weighted by Crippen LogP contribution is -2.70. The molecule has 0 radical (unpaired) electrons. The van der Waals surface area contributed by atoms with Crippen LogP contribution < -0.4 is 22.9 Å². The molecule has 22 unspecified atom stereocenters. The Hall–Kier alpha value is -2.98. The number of nitrogens with two attached hydrogens (primary N) is 4. The van der Waals surface area contributed by atoms with Gasteiger partial charge in [0, 0.05) is 19.8 Å². The van der Waals surface area contributed by atoms with E-state index in [2.05, 4.69) is 0 Å². The Morgan fingerprint density at radius 1 is 0.256 bits per heavy atom. The summed E-state index contributed by atoms with van der Waals surface area (Å²) in [6.07, 6.45) is -89.0. The molecule has 10 heterocycles. The molecule has 10 fully saturated rings. The van der Waals surface area contributed by atoms with Crippen molar-refractivity contribution in [1.82, 2.24) is 0 Å². The van der Waals surface area contributed by atoms with Gasteiger partial charge in [-0.05, 0) is 0 Å². The van der Waals surface area contributed by atoms with Gasteiger partial charge in [-0.15, -0.1) is 0 Å². The number of aliphatic hydroxyl groups excluding tert-OH is 25. The summed E-state index contributed by atoms with van der Waals surface area (Å²) in [6, 6.07) is -7.20. The summed E-state index contributed by atoms with van der Waals surface area (Å²) in [6.45, 7) is -6.67. The Balaban J connectivity index is 0.961. The van der Waals surface area contributed by atoms with E-state index >= 15 is 0 Å². The van der Waals surface area contributed by atoms with Crippen molar-refractivity contribution in [3.63, 3.8) is 0 Å². The zero-order chi connectivity index (χ0) is 85.9. The van der Waals surface area contributed by atoms with Gasteiger partial charge in [0.25, 0.3) is 0 Å². The highest BCUT2D eigenvalue weighted by Gasteiger charge is 2.61. The van der Waals surface area contributed by atoms with Gasteiger partial charge in [0.1, 0.15) is 208 Å². The number of aliphatic hydroxyl groups is 25. The summed E-state index contributed by atoms with van der Waals surface area (Å²) in [7, 11) is 0. The van der Waals surface area contributed by atoms with E-state index in [-0.39, 0.29) is 0 Å². The molecule has 0 bridgehead atoms. The minimum atomic E-state index is -2.51. The molecular formula is C65H112N4O48. The van der Waals surface area contributed by atoms with Gasteiger partial charge in [0.15, 0.2) is 69.0 Å². The van der Waals surface area contributed by atoms with Crippen LogP contribution in [0.25, 0.3) is 0 Å². The van der Waals surface area contributed by atoms with Crippen molar-refractivity contribution in [3.05, 3.63) is 0 Å². The second-order valence-electron chi connectivity index (χ2n) is 30.0. The third-order valence-electron chi connectivity index (χ3n) is 22.1. The molecule has 0 spiro atoms. The third-order valence-corrected chi connectivity index (χ3v) is 22.1. The average Bonchev–Trinajstić information content (AvgIpc) is 0.769. The van der Waals surface area contributed by atoms with E-state index in [9.17, 15) is 137 Å². The molecule has 680 valence electrons. The van der Waals surface area contributed by atoms with Crippen molar-refractivity contribution in [3.8, 4) is 0 Å². The normalized spacial score (nSPS) is 51.5. The Bertz CT molecular complexity index is 3040. The maximum absolute atomic E-state index is 12.7. The summed E-state index contributed by atoms with van der Waals surface area (Å²) >= 11 is 0. The molecule has 0 aromatic rings. The van der Waals surface area contributed by atoms with Crippen LogP contribution in [0.5, 0.6) is 0 Å². The highest BCUT2D eigenvalue weighted by molar-refractivity contribution is 5.66. The highest BCUT2D eigenvalue weighted by Crippen LogP contribution is 2.40. The number of carbonyl (C=O) groups excluding carboxylic acids is 2. The number of hydrogen-bond donors (Lipinski definition) is 29. The molecule has 0 saturated carbocycles. The van der Waals surface area contributed by atoms with Crippen molar-refractivity contribution < 1.29 is 237 Å². The molecule has 10 rings (SSSR count). The highest BCUT2D eigenvalue weighted by atomic mass is 16.8. The van der Waals surface area contributed by atoms with E-state index in [1.807, 2.05) is 0 Å². The second kappa shape index (κ2) is 41.9. The van der Waals surface area contributed by atoms with Gasteiger partial charge in [-0.1, -0.05) is 6.92 Å². The first-order valence-electron chi connectivity index (χ1n) is 37.6. The molecule has 10 aliphatic heterocycles. The molecule has 50 atom stereocenters. The van der Waals surface area contributed by atoms with Gasteiger partial charge in [0.05, 0.1) is 89.7 Å². The van der Waals surface area contributed by atoms with Crippen molar-refractivity contribution >= 4 is 11.9 Å². The Labute approximate surface area is 663 Å². The molecular weight excluding hydrogens is 1600 g/mol.